The highest BCUT2D eigenvalue weighted by molar-refractivity contribution is 9.10. The molecule has 0 radical (unpaired) electrons. The number of benzene rings is 1. The lowest BCUT2D eigenvalue weighted by Gasteiger charge is -2.29. The summed E-state index contributed by atoms with van der Waals surface area (Å²) in [6.07, 6.45) is 1.05. The highest BCUT2D eigenvalue weighted by Crippen LogP contribution is 2.39. The number of anilines is 1. The van der Waals surface area contributed by atoms with E-state index in [2.05, 4.69) is 21.2 Å². The molecular weight excluding hydrogens is 232 g/mol. The number of nitrogens with two attached hydrogens (primary N) is 1. The maximum Gasteiger partial charge on any atom is 0.144 e. The van der Waals surface area contributed by atoms with Crippen molar-refractivity contribution in [3.8, 4) is 5.75 Å². The fourth-order valence-corrected chi connectivity index (χ4v) is 2.06. The van der Waals surface area contributed by atoms with E-state index in [0.29, 0.717) is 5.69 Å². The molecule has 1 atom stereocenters. The van der Waals surface area contributed by atoms with Crippen LogP contribution >= 0.6 is 15.9 Å². The standard InChI is InChI=1S/C9H11BrN2O/c10-5-1-2-6(11)9(13)8(5)7-3-4-12-7/h1-2,7,12-13H,3-4,11H2/t7-/m1/s1. The fourth-order valence-electron chi connectivity index (χ4n) is 1.47. The van der Waals surface area contributed by atoms with E-state index >= 15 is 0 Å². The van der Waals surface area contributed by atoms with Gasteiger partial charge in [0.1, 0.15) is 5.75 Å². The molecule has 1 saturated heterocycles. The van der Waals surface area contributed by atoms with Gasteiger partial charge in [-0.15, -0.1) is 0 Å². The molecule has 1 aromatic rings. The van der Waals surface area contributed by atoms with Crippen LogP contribution in [0.1, 0.15) is 18.0 Å². The molecule has 0 saturated carbocycles. The minimum absolute atomic E-state index is 0.201. The van der Waals surface area contributed by atoms with E-state index < -0.39 is 0 Å². The van der Waals surface area contributed by atoms with Crippen LogP contribution in [0.15, 0.2) is 16.6 Å². The molecule has 1 fully saturated rings. The van der Waals surface area contributed by atoms with E-state index in [1.54, 1.807) is 6.07 Å². The lowest BCUT2D eigenvalue weighted by molar-refractivity contribution is 0.364. The second kappa shape index (κ2) is 3.20. The maximum absolute atomic E-state index is 9.72. The summed E-state index contributed by atoms with van der Waals surface area (Å²) in [4.78, 5) is 0. The van der Waals surface area contributed by atoms with Gasteiger partial charge in [-0.3, -0.25) is 0 Å². The minimum atomic E-state index is 0.201. The summed E-state index contributed by atoms with van der Waals surface area (Å²) in [7, 11) is 0. The Morgan fingerprint density at radius 1 is 1.54 bits per heavy atom. The molecule has 3 nitrogen and oxygen atoms in total. The molecular formula is C9H11BrN2O. The van der Waals surface area contributed by atoms with Crippen molar-refractivity contribution >= 4 is 21.6 Å². The van der Waals surface area contributed by atoms with Gasteiger partial charge in [-0.05, 0) is 25.1 Å². The highest BCUT2D eigenvalue weighted by atomic mass is 79.9. The third-order valence-electron chi connectivity index (χ3n) is 2.37. The summed E-state index contributed by atoms with van der Waals surface area (Å²) in [6, 6.07) is 3.81. The minimum Gasteiger partial charge on any atom is -0.505 e. The van der Waals surface area contributed by atoms with Crippen LogP contribution in [0.25, 0.3) is 0 Å². The molecule has 70 valence electrons. The zero-order valence-electron chi connectivity index (χ0n) is 7.05. The molecule has 1 heterocycles. The lowest BCUT2D eigenvalue weighted by atomic mass is 9.96. The first-order valence-corrected chi connectivity index (χ1v) is 4.99. The summed E-state index contributed by atoms with van der Waals surface area (Å²) >= 11 is 3.40. The third-order valence-corrected chi connectivity index (χ3v) is 3.06. The Labute approximate surface area is 85.1 Å². The van der Waals surface area contributed by atoms with Crippen LogP contribution in [0.5, 0.6) is 5.75 Å². The predicted molar refractivity (Wildman–Crippen MR) is 55.6 cm³/mol. The third kappa shape index (κ3) is 1.40. The average molecular weight is 243 g/mol. The molecule has 4 heteroatoms. The number of aromatic hydroxyl groups is 1. The Balaban J connectivity index is 2.46. The molecule has 1 aliphatic rings. The van der Waals surface area contributed by atoms with Crippen LogP contribution < -0.4 is 11.1 Å². The largest absolute Gasteiger partial charge is 0.505 e. The first-order valence-electron chi connectivity index (χ1n) is 4.20. The molecule has 0 amide bonds. The van der Waals surface area contributed by atoms with Crippen molar-refractivity contribution in [3.05, 3.63) is 22.2 Å². The van der Waals surface area contributed by atoms with Gasteiger partial charge >= 0.3 is 0 Å². The molecule has 13 heavy (non-hydrogen) atoms. The van der Waals surface area contributed by atoms with Crippen molar-refractivity contribution in [1.29, 1.82) is 0 Å². The lowest BCUT2D eigenvalue weighted by Crippen LogP contribution is -2.35. The monoisotopic (exact) mass is 242 g/mol. The van der Waals surface area contributed by atoms with Crippen molar-refractivity contribution in [1.82, 2.24) is 5.32 Å². The maximum atomic E-state index is 9.72. The van der Waals surface area contributed by atoms with Gasteiger partial charge < -0.3 is 16.2 Å². The molecule has 0 unspecified atom stereocenters. The molecule has 0 spiro atoms. The molecule has 2 rings (SSSR count). The molecule has 1 aliphatic heterocycles. The van der Waals surface area contributed by atoms with Crippen LogP contribution in [0.4, 0.5) is 5.69 Å². The van der Waals surface area contributed by atoms with Gasteiger partial charge in [0.2, 0.25) is 0 Å². The Morgan fingerprint density at radius 3 is 2.77 bits per heavy atom. The smallest absolute Gasteiger partial charge is 0.144 e. The van der Waals surface area contributed by atoms with Crippen molar-refractivity contribution in [3.63, 3.8) is 0 Å². The van der Waals surface area contributed by atoms with Crippen LogP contribution in [-0.2, 0) is 0 Å². The van der Waals surface area contributed by atoms with Crippen molar-refractivity contribution in [2.45, 2.75) is 12.5 Å². The van der Waals surface area contributed by atoms with E-state index in [1.165, 1.54) is 0 Å². The van der Waals surface area contributed by atoms with Crippen LogP contribution in [0, 0.1) is 0 Å². The number of nitrogens with one attached hydrogen (secondary N) is 1. The molecule has 0 aliphatic carbocycles. The number of nitrogen functional groups attached to an aromatic ring is 1. The quantitative estimate of drug-likeness (QED) is 0.520. The number of phenolic OH excluding ortho intramolecular Hbond substituents is 1. The topological polar surface area (TPSA) is 58.3 Å². The molecule has 1 aromatic carbocycles. The number of halogens is 1. The van der Waals surface area contributed by atoms with Gasteiger partial charge in [-0.1, -0.05) is 15.9 Å². The van der Waals surface area contributed by atoms with Crippen molar-refractivity contribution < 1.29 is 5.11 Å². The fraction of sp³-hybridized carbons (Fsp3) is 0.333. The van der Waals surface area contributed by atoms with Crippen LogP contribution in [-0.4, -0.2) is 11.7 Å². The highest BCUT2D eigenvalue weighted by Gasteiger charge is 2.24. The Hall–Kier alpha value is -0.740. The van der Waals surface area contributed by atoms with Gasteiger partial charge in [0, 0.05) is 16.1 Å². The molecule has 0 bridgehead atoms. The Morgan fingerprint density at radius 2 is 2.23 bits per heavy atom. The second-order valence-corrected chi connectivity index (χ2v) is 4.05. The summed E-state index contributed by atoms with van der Waals surface area (Å²) in [6.45, 7) is 1.01. The predicted octanol–water partition coefficient (Wildman–Crippen LogP) is 1.77. The van der Waals surface area contributed by atoms with E-state index in [9.17, 15) is 5.11 Å². The van der Waals surface area contributed by atoms with Crippen LogP contribution in [0.3, 0.4) is 0 Å². The van der Waals surface area contributed by atoms with E-state index in [0.717, 1.165) is 23.0 Å². The summed E-state index contributed by atoms with van der Waals surface area (Å²) < 4.78 is 0.913. The van der Waals surface area contributed by atoms with Gasteiger partial charge in [0.25, 0.3) is 0 Å². The number of rotatable bonds is 1. The Bertz CT molecular complexity index is 337. The van der Waals surface area contributed by atoms with E-state index in [1.807, 2.05) is 6.07 Å². The van der Waals surface area contributed by atoms with Crippen molar-refractivity contribution in [2.75, 3.05) is 12.3 Å². The summed E-state index contributed by atoms with van der Waals surface area (Å²) in [5.74, 6) is 0.201. The van der Waals surface area contributed by atoms with Crippen LogP contribution in [0.2, 0.25) is 0 Å². The van der Waals surface area contributed by atoms with E-state index in [4.69, 9.17) is 5.73 Å². The van der Waals surface area contributed by atoms with Gasteiger partial charge in [-0.2, -0.15) is 0 Å². The second-order valence-electron chi connectivity index (χ2n) is 3.19. The first-order chi connectivity index (χ1) is 6.20. The normalized spacial score (nSPS) is 21.2. The van der Waals surface area contributed by atoms with Crippen molar-refractivity contribution in [2.24, 2.45) is 0 Å². The van der Waals surface area contributed by atoms with E-state index in [-0.39, 0.29) is 11.8 Å². The summed E-state index contributed by atoms with van der Waals surface area (Å²) in [5.41, 5.74) is 6.93. The Kier molecular flexibility index (Phi) is 2.17. The van der Waals surface area contributed by atoms with Gasteiger partial charge in [0.05, 0.1) is 5.69 Å². The average Bonchev–Trinajstić information content (AvgIpc) is 2.02. The number of phenols is 1. The molecule has 4 N–H and O–H groups in total. The zero-order valence-corrected chi connectivity index (χ0v) is 8.63. The zero-order chi connectivity index (χ0) is 9.42. The van der Waals surface area contributed by atoms with Gasteiger partial charge in [-0.25, -0.2) is 0 Å². The number of hydrogen-bond acceptors (Lipinski definition) is 3. The number of hydrogen-bond donors (Lipinski definition) is 3. The SMILES string of the molecule is Nc1ccc(Br)c([C@H]2CCN2)c1O. The molecule has 0 aromatic heterocycles. The van der Waals surface area contributed by atoms with Gasteiger partial charge in [0.15, 0.2) is 0 Å². The summed E-state index contributed by atoms with van der Waals surface area (Å²) in [5, 5.41) is 12.9. The first kappa shape index (κ1) is 8.84.